The number of amides is 1. The van der Waals surface area contributed by atoms with Crippen molar-refractivity contribution in [3.8, 4) is 16.9 Å². The topological polar surface area (TPSA) is 83.4 Å². The van der Waals surface area contributed by atoms with Crippen LogP contribution in [0.15, 0.2) is 30.3 Å². The fourth-order valence-electron chi connectivity index (χ4n) is 3.84. The Balaban J connectivity index is 1.92. The average Bonchev–Trinajstić information content (AvgIpc) is 3.07. The molecule has 0 saturated carbocycles. The van der Waals surface area contributed by atoms with E-state index in [0.29, 0.717) is 27.8 Å². The van der Waals surface area contributed by atoms with E-state index >= 15 is 0 Å². The highest BCUT2D eigenvalue weighted by Gasteiger charge is 2.23. The van der Waals surface area contributed by atoms with Gasteiger partial charge in [-0.1, -0.05) is 11.6 Å². The SMILES string of the molecule is CC(C)Oc1cc(N2CCNCC2)ccc1-c1c(C(N)=O)[nH]c2cc(F)c(Cl)cc12. The number of H-pyrrole nitrogens is 1. The second-order valence-electron chi connectivity index (χ2n) is 7.64. The molecule has 2 heterocycles. The van der Waals surface area contributed by atoms with Gasteiger partial charge in [0.2, 0.25) is 0 Å². The minimum absolute atomic E-state index is 0.0254. The lowest BCUT2D eigenvalue weighted by Crippen LogP contribution is -2.43. The molecule has 1 saturated heterocycles. The zero-order valence-electron chi connectivity index (χ0n) is 16.9. The second kappa shape index (κ2) is 8.16. The number of rotatable bonds is 5. The van der Waals surface area contributed by atoms with Crippen LogP contribution in [0.4, 0.5) is 10.1 Å². The van der Waals surface area contributed by atoms with Gasteiger partial charge in [-0.15, -0.1) is 0 Å². The normalized spacial score (nSPS) is 14.5. The fraction of sp³-hybridized carbons (Fsp3) is 0.318. The van der Waals surface area contributed by atoms with E-state index in [4.69, 9.17) is 22.1 Å². The molecule has 1 aromatic heterocycles. The Morgan fingerprint density at radius 1 is 1.23 bits per heavy atom. The molecule has 30 heavy (non-hydrogen) atoms. The van der Waals surface area contributed by atoms with Gasteiger partial charge < -0.3 is 25.7 Å². The summed E-state index contributed by atoms with van der Waals surface area (Å²) in [4.78, 5) is 17.4. The third-order valence-corrected chi connectivity index (χ3v) is 5.45. The number of ether oxygens (including phenoxy) is 1. The summed E-state index contributed by atoms with van der Waals surface area (Å²) in [5, 5.41) is 3.93. The molecule has 0 atom stereocenters. The van der Waals surface area contributed by atoms with E-state index in [2.05, 4.69) is 15.2 Å². The zero-order valence-corrected chi connectivity index (χ0v) is 17.6. The molecule has 8 heteroatoms. The maximum Gasteiger partial charge on any atom is 0.265 e. The zero-order chi connectivity index (χ0) is 21.4. The molecule has 4 rings (SSSR count). The molecule has 2 aromatic carbocycles. The van der Waals surface area contributed by atoms with Gasteiger partial charge in [-0.3, -0.25) is 4.79 Å². The number of aromatic amines is 1. The van der Waals surface area contributed by atoms with Crippen molar-refractivity contribution in [3.63, 3.8) is 0 Å². The van der Waals surface area contributed by atoms with Crippen molar-refractivity contribution in [1.29, 1.82) is 0 Å². The van der Waals surface area contributed by atoms with Gasteiger partial charge in [-0.2, -0.15) is 0 Å². The van der Waals surface area contributed by atoms with E-state index in [1.165, 1.54) is 12.1 Å². The Morgan fingerprint density at radius 2 is 1.97 bits per heavy atom. The van der Waals surface area contributed by atoms with Crippen LogP contribution in [0.3, 0.4) is 0 Å². The molecule has 0 aliphatic carbocycles. The molecule has 158 valence electrons. The van der Waals surface area contributed by atoms with Crippen molar-refractivity contribution in [2.45, 2.75) is 20.0 Å². The molecule has 0 radical (unpaired) electrons. The first-order valence-electron chi connectivity index (χ1n) is 9.92. The second-order valence-corrected chi connectivity index (χ2v) is 8.04. The van der Waals surface area contributed by atoms with E-state index < -0.39 is 11.7 Å². The highest BCUT2D eigenvalue weighted by atomic mass is 35.5. The van der Waals surface area contributed by atoms with Crippen LogP contribution < -0.4 is 20.7 Å². The van der Waals surface area contributed by atoms with E-state index in [1.807, 2.05) is 32.0 Å². The van der Waals surface area contributed by atoms with Crippen LogP contribution in [-0.2, 0) is 0 Å². The Morgan fingerprint density at radius 3 is 2.63 bits per heavy atom. The van der Waals surface area contributed by atoms with Crippen LogP contribution in [0.2, 0.25) is 5.02 Å². The van der Waals surface area contributed by atoms with Crippen molar-refractivity contribution in [2.75, 3.05) is 31.1 Å². The molecule has 1 fully saturated rings. The third-order valence-electron chi connectivity index (χ3n) is 5.17. The first-order chi connectivity index (χ1) is 14.3. The molecule has 0 spiro atoms. The van der Waals surface area contributed by atoms with E-state index in [1.54, 1.807) is 0 Å². The maximum absolute atomic E-state index is 14.0. The van der Waals surface area contributed by atoms with E-state index in [0.717, 1.165) is 31.9 Å². The number of nitrogens with zero attached hydrogens (tertiary/aromatic N) is 1. The Bertz CT molecular complexity index is 1110. The van der Waals surface area contributed by atoms with Gasteiger partial charge in [0.1, 0.15) is 17.3 Å². The fourth-order valence-corrected chi connectivity index (χ4v) is 4.01. The molecule has 1 aliphatic rings. The lowest BCUT2D eigenvalue weighted by Gasteiger charge is -2.30. The lowest BCUT2D eigenvalue weighted by molar-refractivity contribution is 0.0997. The van der Waals surface area contributed by atoms with Crippen LogP contribution in [-0.4, -0.2) is 43.2 Å². The van der Waals surface area contributed by atoms with Crippen LogP contribution in [0.5, 0.6) is 5.75 Å². The molecule has 1 amide bonds. The predicted molar refractivity (Wildman–Crippen MR) is 118 cm³/mol. The molecule has 3 aromatic rings. The largest absolute Gasteiger partial charge is 0.490 e. The minimum Gasteiger partial charge on any atom is -0.490 e. The van der Waals surface area contributed by atoms with Gasteiger partial charge in [0.15, 0.2) is 0 Å². The number of benzene rings is 2. The molecular formula is C22H24ClFN4O2. The molecule has 0 bridgehead atoms. The first kappa shape index (κ1) is 20.5. The van der Waals surface area contributed by atoms with Crippen LogP contribution in [0, 0.1) is 5.82 Å². The highest BCUT2D eigenvalue weighted by Crippen LogP contribution is 2.41. The lowest BCUT2D eigenvalue weighted by atomic mass is 9.99. The van der Waals surface area contributed by atoms with Gasteiger partial charge in [-0.25, -0.2) is 4.39 Å². The number of nitrogens with two attached hydrogens (primary N) is 1. The van der Waals surface area contributed by atoms with Crippen LogP contribution in [0.1, 0.15) is 24.3 Å². The third kappa shape index (κ3) is 3.82. The number of nitrogens with one attached hydrogen (secondary N) is 2. The van der Waals surface area contributed by atoms with Crippen molar-refractivity contribution in [3.05, 3.63) is 46.9 Å². The summed E-state index contributed by atoms with van der Waals surface area (Å²) in [7, 11) is 0. The summed E-state index contributed by atoms with van der Waals surface area (Å²) in [5.74, 6) is -0.579. The smallest absolute Gasteiger partial charge is 0.265 e. The standard InChI is InChI=1S/C22H24ClFN4O2/c1-12(2)30-19-9-13(28-7-5-26-6-8-28)3-4-14(19)20-15-10-16(23)17(24)11-18(15)27-21(20)22(25)29/h3-4,9-12,26-27H,5-8H2,1-2H3,(H2,25,29). The number of aromatic nitrogens is 1. The summed E-state index contributed by atoms with van der Waals surface area (Å²) in [6.07, 6.45) is -0.0784. The molecule has 6 nitrogen and oxygen atoms in total. The van der Waals surface area contributed by atoms with Crippen molar-refractivity contribution in [2.24, 2.45) is 5.73 Å². The number of carbonyl (C=O) groups excluding carboxylic acids is 1. The molecule has 0 unspecified atom stereocenters. The molecular weight excluding hydrogens is 407 g/mol. The van der Waals surface area contributed by atoms with Gasteiger partial charge in [0.05, 0.1) is 11.1 Å². The summed E-state index contributed by atoms with van der Waals surface area (Å²) in [6.45, 7) is 7.51. The number of primary amides is 1. The molecule has 4 N–H and O–H groups in total. The number of carbonyl (C=O) groups is 1. The summed E-state index contributed by atoms with van der Waals surface area (Å²) in [6, 6.07) is 8.68. The van der Waals surface area contributed by atoms with Gasteiger partial charge >= 0.3 is 0 Å². The van der Waals surface area contributed by atoms with Crippen molar-refractivity contribution < 1.29 is 13.9 Å². The number of fused-ring (bicyclic) bond motifs is 1. The highest BCUT2D eigenvalue weighted by molar-refractivity contribution is 6.31. The molecule has 1 aliphatic heterocycles. The minimum atomic E-state index is -0.639. The Kier molecular flexibility index (Phi) is 5.58. The quantitative estimate of drug-likeness (QED) is 0.572. The van der Waals surface area contributed by atoms with Gasteiger partial charge in [-0.05, 0) is 38.1 Å². The summed E-state index contributed by atoms with van der Waals surface area (Å²) >= 11 is 6.04. The number of anilines is 1. The summed E-state index contributed by atoms with van der Waals surface area (Å²) < 4.78 is 20.1. The first-order valence-corrected chi connectivity index (χ1v) is 10.3. The van der Waals surface area contributed by atoms with Crippen molar-refractivity contribution in [1.82, 2.24) is 10.3 Å². The van der Waals surface area contributed by atoms with Gasteiger partial charge in [0.25, 0.3) is 5.91 Å². The predicted octanol–water partition coefficient (Wildman–Crippen LogP) is 3.92. The Labute approximate surface area is 179 Å². The Hall–Kier alpha value is -2.77. The summed E-state index contributed by atoms with van der Waals surface area (Å²) in [5.41, 5.74) is 8.57. The van der Waals surface area contributed by atoms with Gasteiger partial charge in [0, 0.05) is 60.0 Å². The number of hydrogen-bond acceptors (Lipinski definition) is 4. The number of piperazine rings is 1. The number of halogens is 2. The maximum atomic E-state index is 14.0. The van der Waals surface area contributed by atoms with Crippen LogP contribution >= 0.6 is 11.6 Å². The monoisotopic (exact) mass is 430 g/mol. The van der Waals surface area contributed by atoms with E-state index in [-0.39, 0.29) is 16.8 Å². The van der Waals surface area contributed by atoms with E-state index in [9.17, 15) is 9.18 Å². The van der Waals surface area contributed by atoms with Crippen molar-refractivity contribution >= 4 is 34.1 Å². The van der Waals surface area contributed by atoms with Crippen LogP contribution in [0.25, 0.3) is 22.0 Å². The average molecular weight is 431 g/mol. The number of hydrogen-bond donors (Lipinski definition) is 3.